The lowest BCUT2D eigenvalue weighted by atomic mass is 9.96. The second kappa shape index (κ2) is 11.4. The van der Waals surface area contributed by atoms with Gasteiger partial charge in [0.15, 0.2) is 5.82 Å². The van der Waals surface area contributed by atoms with Gasteiger partial charge < -0.3 is 24.3 Å². The molecule has 4 aromatic rings. The number of nitriles is 1. The molecule has 218 valence electrons. The van der Waals surface area contributed by atoms with E-state index in [-0.39, 0.29) is 11.6 Å². The fraction of sp³-hybridized carbons (Fsp3) is 0.355. The van der Waals surface area contributed by atoms with Gasteiger partial charge in [0, 0.05) is 14.1 Å². The third-order valence-corrected chi connectivity index (χ3v) is 12.7. The summed E-state index contributed by atoms with van der Waals surface area (Å²) in [7, 11) is 0.647. The summed E-state index contributed by atoms with van der Waals surface area (Å²) in [5.74, 6) is 0.430. The van der Waals surface area contributed by atoms with Gasteiger partial charge in [-0.25, -0.2) is 14.5 Å². The molecule has 1 saturated heterocycles. The summed E-state index contributed by atoms with van der Waals surface area (Å²) in [5.41, 5.74) is -0.781. The Kier molecular flexibility index (Phi) is 8.02. The lowest BCUT2D eigenvalue weighted by Crippen LogP contribution is -2.68. The highest BCUT2D eigenvalue weighted by molar-refractivity contribution is 6.99. The van der Waals surface area contributed by atoms with Gasteiger partial charge in [-0.05, 0) is 27.5 Å². The molecule has 4 atom stereocenters. The predicted molar refractivity (Wildman–Crippen MR) is 163 cm³/mol. The van der Waals surface area contributed by atoms with Gasteiger partial charge >= 0.3 is 0 Å². The van der Waals surface area contributed by atoms with Crippen molar-refractivity contribution in [2.75, 3.05) is 20.7 Å². The molecule has 0 bridgehead atoms. The van der Waals surface area contributed by atoms with E-state index in [0.717, 1.165) is 10.4 Å². The number of hydrogen-bond acceptors (Lipinski definition) is 8. The Balaban J connectivity index is 1.53. The number of aliphatic hydroxyl groups is 2. The summed E-state index contributed by atoms with van der Waals surface area (Å²) in [4.78, 5) is 10.4. The molecular weight excluding hydrogens is 548 g/mol. The average molecular weight is 585 g/mol. The second-order valence-electron chi connectivity index (χ2n) is 11.8. The van der Waals surface area contributed by atoms with Crippen LogP contribution in [0.4, 0.5) is 5.82 Å². The number of aliphatic imine (C=N–C) groups is 1. The summed E-state index contributed by atoms with van der Waals surface area (Å²) in [5, 5.41) is 39.1. The van der Waals surface area contributed by atoms with Crippen molar-refractivity contribution < 1.29 is 19.4 Å². The number of rotatable bonds is 8. The molecule has 2 N–H and O–H groups in total. The van der Waals surface area contributed by atoms with Crippen molar-refractivity contribution in [3.63, 3.8) is 0 Å². The average Bonchev–Trinajstić information content (AvgIpc) is 3.52. The first-order chi connectivity index (χ1) is 20.0. The van der Waals surface area contributed by atoms with Gasteiger partial charge in [0.2, 0.25) is 5.60 Å². The molecule has 0 unspecified atom stereocenters. The van der Waals surface area contributed by atoms with Crippen molar-refractivity contribution in [3.8, 4) is 6.07 Å². The Morgan fingerprint density at radius 3 is 2.24 bits per heavy atom. The summed E-state index contributed by atoms with van der Waals surface area (Å²) in [6, 6.07) is 25.7. The minimum Gasteiger partial charge on any atom is -0.403 e. The minimum atomic E-state index is -3.06. The Bertz CT molecular complexity index is 1560. The molecule has 2 aromatic heterocycles. The molecule has 11 heteroatoms. The van der Waals surface area contributed by atoms with Gasteiger partial charge in [0.25, 0.3) is 8.32 Å². The zero-order valence-electron chi connectivity index (χ0n) is 24.4. The maximum Gasteiger partial charge on any atom is 0.261 e. The molecule has 10 nitrogen and oxygen atoms in total. The summed E-state index contributed by atoms with van der Waals surface area (Å²) in [6.07, 6.45) is -1.01. The SMILES string of the molecule is CN(C)C=Nc1ncnn2c([C@@H]3O[C@](C#N)(CO[Si](c4ccccc4)(c4ccccc4)C(C)(C)C)[C@@H](O)[C@H]3O)ccc12. The van der Waals surface area contributed by atoms with E-state index in [9.17, 15) is 15.5 Å². The highest BCUT2D eigenvalue weighted by atomic mass is 28.4. The van der Waals surface area contributed by atoms with Crippen molar-refractivity contribution in [2.45, 2.75) is 49.7 Å². The first-order valence-electron chi connectivity index (χ1n) is 13.8. The van der Waals surface area contributed by atoms with Gasteiger partial charge in [-0.2, -0.15) is 10.4 Å². The maximum atomic E-state index is 11.4. The van der Waals surface area contributed by atoms with Crippen molar-refractivity contribution >= 4 is 36.4 Å². The molecule has 5 rings (SSSR count). The monoisotopic (exact) mass is 584 g/mol. The van der Waals surface area contributed by atoms with E-state index < -0.39 is 32.2 Å². The van der Waals surface area contributed by atoms with Crippen molar-refractivity contribution in [3.05, 3.63) is 84.8 Å². The van der Waals surface area contributed by atoms with Crippen LogP contribution in [-0.2, 0) is 9.16 Å². The highest BCUT2D eigenvalue weighted by Crippen LogP contribution is 2.43. The van der Waals surface area contributed by atoms with Gasteiger partial charge in [0.1, 0.15) is 36.2 Å². The van der Waals surface area contributed by atoms with E-state index in [1.54, 1.807) is 27.9 Å². The maximum absolute atomic E-state index is 11.4. The molecular formula is C31H36N6O4Si. The van der Waals surface area contributed by atoms with E-state index in [1.807, 2.05) is 50.5 Å². The van der Waals surface area contributed by atoms with Crippen LogP contribution in [0.3, 0.4) is 0 Å². The molecule has 2 aromatic carbocycles. The predicted octanol–water partition coefficient (Wildman–Crippen LogP) is 2.58. The molecule has 1 fully saturated rings. The zero-order valence-corrected chi connectivity index (χ0v) is 25.4. The van der Waals surface area contributed by atoms with E-state index in [2.05, 4.69) is 66.2 Å². The smallest absolute Gasteiger partial charge is 0.261 e. The molecule has 42 heavy (non-hydrogen) atoms. The highest BCUT2D eigenvalue weighted by Gasteiger charge is 2.59. The van der Waals surface area contributed by atoms with Crippen LogP contribution >= 0.6 is 0 Å². The summed E-state index contributed by atoms with van der Waals surface area (Å²) < 4.78 is 14.8. The number of benzene rings is 2. The molecule has 1 aliphatic rings. The number of aromatic nitrogens is 3. The number of aliphatic hydroxyl groups excluding tert-OH is 2. The molecule has 0 radical (unpaired) electrons. The normalized spacial score (nSPS) is 23.0. The second-order valence-corrected chi connectivity index (χ2v) is 16.1. The van der Waals surface area contributed by atoms with E-state index in [1.165, 1.54) is 6.33 Å². The Morgan fingerprint density at radius 1 is 1.07 bits per heavy atom. The van der Waals surface area contributed by atoms with Crippen LogP contribution in [0, 0.1) is 11.3 Å². The quantitative estimate of drug-likeness (QED) is 0.184. The summed E-state index contributed by atoms with van der Waals surface area (Å²) >= 11 is 0. The largest absolute Gasteiger partial charge is 0.403 e. The Hall–Kier alpha value is -3.92. The fourth-order valence-electron chi connectivity index (χ4n) is 5.69. The van der Waals surface area contributed by atoms with E-state index in [0.29, 0.717) is 17.0 Å². The van der Waals surface area contributed by atoms with Crippen LogP contribution in [0.5, 0.6) is 0 Å². The van der Waals surface area contributed by atoms with Gasteiger partial charge in [0.05, 0.1) is 18.6 Å². The zero-order chi connectivity index (χ0) is 30.1. The Morgan fingerprint density at radius 2 is 1.69 bits per heavy atom. The van der Waals surface area contributed by atoms with Crippen LogP contribution in [0.15, 0.2) is 84.1 Å². The van der Waals surface area contributed by atoms with Gasteiger partial charge in [-0.15, -0.1) is 0 Å². The van der Waals surface area contributed by atoms with Crippen LogP contribution in [0.1, 0.15) is 32.6 Å². The first-order valence-corrected chi connectivity index (χ1v) is 15.7. The van der Waals surface area contributed by atoms with Crippen LogP contribution < -0.4 is 10.4 Å². The molecule has 0 aliphatic carbocycles. The number of nitrogens with zero attached hydrogens (tertiary/aromatic N) is 6. The molecule has 0 amide bonds. The van der Waals surface area contributed by atoms with E-state index in [4.69, 9.17) is 9.16 Å². The molecule has 1 aliphatic heterocycles. The van der Waals surface area contributed by atoms with Gasteiger partial charge in [-0.3, -0.25) is 0 Å². The molecule has 3 heterocycles. The third-order valence-electron chi connectivity index (χ3n) is 7.72. The number of ether oxygens (including phenoxy) is 1. The van der Waals surface area contributed by atoms with Crippen LogP contribution in [-0.4, -0.2) is 82.9 Å². The van der Waals surface area contributed by atoms with Crippen molar-refractivity contribution in [1.82, 2.24) is 19.5 Å². The van der Waals surface area contributed by atoms with Crippen LogP contribution in [0.25, 0.3) is 5.52 Å². The number of fused-ring (bicyclic) bond motifs is 1. The van der Waals surface area contributed by atoms with E-state index >= 15 is 0 Å². The van der Waals surface area contributed by atoms with Crippen LogP contribution in [0.2, 0.25) is 5.04 Å². The first kappa shape index (κ1) is 29.6. The van der Waals surface area contributed by atoms with Crippen molar-refractivity contribution in [2.24, 2.45) is 4.99 Å². The topological polar surface area (TPSA) is 128 Å². The third kappa shape index (κ3) is 5.02. The molecule has 0 saturated carbocycles. The Labute approximate surface area is 246 Å². The van der Waals surface area contributed by atoms with Gasteiger partial charge in [-0.1, -0.05) is 81.4 Å². The molecule has 0 spiro atoms. The standard InChI is InChI=1S/C31H36N6O4Si/c1-30(2,3)42(22-12-8-6-9-13-22,23-14-10-7-11-15-23)40-19-31(18-32)28(39)26(38)27(41-31)24-16-17-25-29(34-21-36(4)5)33-20-35-37(24)25/h6-17,20-21,26-28,38-39H,19H2,1-5H3/t26-,27-,28-,31+/m0/s1. The number of hydrogen-bond donors (Lipinski definition) is 2. The van der Waals surface area contributed by atoms with Crippen molar-refractivity contribution in [1.29, 1.82) is 5.26 Å². The lowest BCUT2D eigenvalue weighted by molar-refractivity contribution is -0.0708. The minimum absolute atomic E-state index is 0.248. The summed E-state index contributed by atoms with van der Waals surface area (Å²) in [6.45, 7) is 6.14. The lowest BCUT2D eigenvalue weighted by Gasteiger charge is -2.44. The fourth-order valence-corrected chi connectivity index (χ4v) is 10.3.